The number of β-lactam (4-membered cyclic amide) rings is 1. The second-order valence-electron chi connectivity index (χ2n) is 11.4. The smallest absolute Gasteiger partial charge is 0.361 e. The molecule has 5 rings (SSSR count). The molecule has 1 aromatic carbocycles. The van der Waals surface area contributed by atoms with E-state index in [0.29, 0.717) is 62.4 Å². The number of hydroxylamine groups is 2. The molecule has 0 saturated carbocycles. The zero-order valence-corrected chi connectivity index (χ0v) is 25.3. The number of ether oxygens (including phenoxy) is 2. The molecule has 11 nitrogen and oxygen atoms in total. The van der Waals surface area contributed by atoms with Gasteiger partial charge >= 0.3 is 6.03 Å². The van der Waals surface area contributed by atoms with Crippen LogP contribution in [0.5, 0.6) is 11.5 Å². The molecule has 0 bridgehead atoms. The third-order valence-corrected chi connectivity index (χ3v) is 9.16. The molecular formula is C32H42N4O7. The summed E-state index contributed by atoms with van der Waals surface area (Å²) in [5.74, 6) is 3.16. The van der Waals surface area contributed by atoms with Crippen LogP contribution in [0.2, 0.25) is 0 Å². The van der Waals surface area contributed by atoms with Gasteiger partial charge in [0.25, 0.3) is 0 Å². The molecule has 2 unspecified atom stereocenters. The fourth-order valence-electron chi connectivity index (χ4n) is 6.62. The van der Waals surface area contributed by atoms with Crippen LogP contribution in [-0.2, 0) is 14.4 Å². The minimum absolute atomic E-state index is 0.0909. The van der Waals surface area contributed by atoms with Crippen LogP contribution in [0.3, 0.4) is 0 Å². The molecule has 232 valence electrons. The summed E-state index contributed by atoms with van der Waals surface area (Å²) in [6.45, 7) is 9.63. The Morgan fingerprint density at radius 3 is 2.58 bits per heavy atom. The Kier molecular flexibility index (Phi) is 9.56. The maximum Gasteiger partial charge on any atom is 0.361 e. The molecule has 3 aliphatic heterocycles. The van der Waals surface area contributed by atoms with Gasteiger partial charge in [0, 0.05) is 39.1 Å². The molecule has 0 radical (unpaired) electrons. The summed E-state index contributed by atoms with van der Waals surface area (Å²) in [6.07, 6.45) is 7.59. The van der Waals surface area contributed by atoms with Gasteiger partial charge in [0.2, 0.25) is 12.7 Å². The van der Waals surface area contributed by atoms with Gasteiger partial charge in [-0.2, -0.15) is 0 Å². The predicted octanol–water partition coefficient (Wildman–Crippen LogP) is 3.80. The number of imide groups is 1. The highest BCUT2D eigenvalue weighted by atomic mass is 16.7. The lowest BCUT2D eigenvalue weighted by molar-refractivity contribution is -0.198. The fraction of sp³-hybridized carbons (Fsp3) is 0.562. The Labute approximate surface area is 252 Å². The zero-order valence-electron chi connectivity index (χ0n) is 25.3. The Balaban J connectivity index is 1.53. The summed E-state index contributed by atoms with van der Waals surface area (Å²) in [6, 6.07) is 4.38. The number of allylic oxidation sites excluding steroid dienone is 4. The standard InChI is InChI=1S/C32H42N4O7/c1-4-9-25(23-12-13-27-28(20-23)42-22-41-27)36(43-26-11-8-7-10-24(26)21-38)31(40)35-29(32(5-2,6-3)30(35)39)34-16-14-33(15-17-34)18-19-37/h7-8,11-13,20,25,29,37H,4-6,9-10,14-19,22H2,1-3H3. The van der Waals surface area contributed by atoms with Crippen molar-refractivity contribution < 1.29 is 33.8 Å². The number of fused-ring (bicyclic) bond motifs is 1. The molecule has 0 spiro atoms. The van der Waals surface area contributed by atoms with E-state index in [1.807, 2.05) is 51.0 Å². The number of hydrogen-bond acceptors (Lipinski definition) is 9. The molecule has 1 N–H and O–H groups in total. The molecule has 3 heterocycles. The summed E-state index contributed by atoms with van der Waals surface area (Å²) in [5.41, 5.74) is 0.367. The average Bonchev–Trinajstić information content (AvgIpc) is 3.51. The summed E-state index contributed by atoms with van der Waals surface area (Å²) < 4.78 is 11.1. The number of hydrogen-bond donors (Lipinski definition) is 1. The molecule has 43 heavy (non-hydrogen) atoms. The number of nitrogens with zero attached hydrogens (tertiary/aromatic N) is 4. The van der Waals surface area contributed by atoms with Gasteiger partial charge in [-0.15, -0.1) is 5.06 Å². The first-order valence-corrected chi connectivity index (χ1v) is 15.3. The number of benzene rings is 1. The van der Waals surface area contributed by atoms with E-state index in [1.165, 1.54) is 9.96 Å². The van der Waals surface area contributed by atoms with Gasteiger partial charge in [0.15, 0.2) is 17.3 Å². The van der Waals surface area contributed by atoms with E-state index in [-0.39, 0.29) is 25.1 Å². The van der Waals surface area contributed by atoms with Crippen molar-refractivity contribution in [1.82, 2.24) is 19.8 Å². The zero-order chi connectivity index (χ0) is 30.6. The van der Waals surface area contributed by atoms with Crippen molar-refractivity contribution in [3.05, 3.63) is 53.3 Å². The van der Waals surface area contributed by atoms with Gasteiger partial charge in [-0.3, -0.25) is 14.6 Å². The van der Waals surface area contributed by atoms with Crippen molar-refractivity contribution in [2.45, 2.75) is 65.1 Å². The molecule has 1 aliphatic carbocycles. The Bertz CT molecular complexity index is 1310. The molecule has 2 fully saturated rings. The van der Waals surface area contributed by atoms with Gasteiger partial charge < -0.3 is 19.4 Å². The molecule has 0 aromatic heterocycles. The largest absolute Gasteiger partial charge is 0.454 e. The van der Waals surface area contributed by atoms with Crippen molar-refractivity contribution in [2.75, 3.05) is 46.1 Å². The van der Waals surface area contributed by atoms with E-state index < -0.39 is 23.7 Å². The van der Waals surface area contributed by atoms with Crippen molar-refractivity contribution in [1.29, 1.82) is 0 Å². The van der Waals surface area contributed by atoms with Crippen LogP contribution >= 0.6 is 0 Å². The Morgan fingerprint density at radius 1 is 1.16 bits per heavy atom. The second kappa shape index (κ2) is 13.3. The number of carbonyl (C=O) groups excluding carboxylic acids is 3. The lowest BCUT2D eigenvalue weighted by atomic mass is 9.69. The van der Waals surface area contributed by atoms with Crippen LogP contribution in [0.15, 0.2) is 47.8 Å². The number of β-amino-alcohol motifs (C(OH)–C–C–N with tert-alkyl or cyclic N) is 1. The van der Waals surface area contributed by atoms with E-state index >= 15 is 0 Å². The van der Waals surface area contributed by atoms with Crippen LogP contribution in [0, 0.1) is 5.41 Å². The van der Waals surface area contributed by atoms with Gasteiger partial charge in [-0.1, -0.05) is 45.4 Å². The first-order chi connectivity index (χ1) is 20.9. The highest BCUT2D eigenvalue weighted by Crippen LogP contribution is 2.48. The molecule has 2 saturated heterocycles. The predicted molar refractivity (Wildman–Crippen MR) is 158 cm³/mol. The van der Waals surface area contributed by atoms with E-state index in [4.69, 9.17) is 14.3 Å². The van der Waals surface area contributed by atoms with Gasteiger partial charge in [-0.25, -0.2) is 14.5 Å². The number of aliphatic hydroxyl groups is 1. The van der Waals surface area contributed by atoms with Crippen molar-refractivity contribution in [2.24, 2.45) is 5.41 Å². The maximum atomic E-state index is 14.7. The Hall–Kier alpha value is -3.63. The van der Waals surface area contributed by atoms with Gasteiger partial charge in [-0.05, 0) is 43.0 Å². The van der Waals surface area contributed by atoms with Gasteiger partial charge in [0.1, 0.15) is 12.1 Å². The summed E-state index contributed by atoms with van der Waals surface area (Å²) in [4.78, 5) is 52.6. The number of rotatable bonds is 11. The lowest BCUT2D eigenvalue weighted by Crippen LogP contribution is -2.78. The topological polar surface area (TPSA) is 112 Å². The van der Waals surface area contributed by atoms with Crippen LogP contribution in [-0.4, -0.2) is 95.0 Å². The monoisotopic (exact) mass is 594 g/mol. The quantitative estimate of drug-likeness (QED) is 0.232. The van der Waals surface area contributed by atoms with E-state index in [1.54, 1.807) is 12.2 Å². The summed E-state index contributed by atoms with van der Waals surface area (Å²) in [7, 11) is 0. The third-order valence-electron chi connectivity index (χ3n) is 9.16. The number of piperazine rings is 1. The number of amides is 3. The van der Waals surface area contributed by atoms with Crippen molar-refractivity contribution in [3.8, 4) is 11.5 Å². The first-order valence-electron chi connectivity index (χ1n) is 15.3. The van der Waals surface area contributed by atoms with Crippen LogP contribution < -0.4 is 9.47 Å². The van der Waals surface area contributed by atoms with Gasteiger partial charge in [0.05, 0.1) is 23.6 Å². The summed E-state index contributed by atoms with van der Waals surface area (Å²) >= 11 is 0. The fourth-order valence-corrected chi connectivity index (χ4v) is 6.62. The third kappa shape index (κ3) is 5.70. The van der Waals surface area contributed by atoms with E-state index in [2.05, 4.69) is 9.80 Å². The first kappa shape index (κ1) is 30.8. The van der Waals surface area contributed by atoms with Crippen LogP contribution in [0.4, 0.5) is 4.79 Å². The average molecular weight is 595 g/mol. The highest BCUT2D eigenvalue weighted by molar-refractivity contribution is 6.03. The second-order valence-corrected chi connectivity index (χ2v) is 11.4. The van der Waals surface area contributed by atoms with E-state index in [0.717, 1.165) is 25.1 Å². The number of aliphatic hydroxyl groups excluding tert-OH is 1. The minimum Gasteiger partial charge on any atom is -0.454 e. The van der Waals surface area contributed by atoms with Crippen molar-refractivity contribution >= 4 is 17.9 Å². The molecular weight excluding hydrogens is 552 g/mol. The Morgan fingerprint density at radius 2 is 1.91 bits per heavy atom. The number of likely N-dealkylation sites (tertiary alicyclic amines) is 1. The normalized spacial score (nSPS) is 22.1. The molecule has 3 amide bonds. The molecule has 1 aromatic rings. The van der Waals surface area contributed by atoms with E-state index in [9.17, 15) is 19.5 Å². The molecule has 4 aliphatic rings. The number of urea groups is 1. The maximum absolute atomic E-state index is 14.7. The van der Waals surface area contributed by atoms with Crippen molar-refractivity contribution in [3.63, 3.8) is 0 Å². The lowest BCUT2D eigenvalue weighted by Gasteiger charge is -2.59. The number of carbonyl (C=O) groups is 2. The SMILES string of the molecule is CCCC(c1ccc2c(c1)OCO2)N(OC1=CC=CCC1=C=O)C(=O)N1C(=O)C(CC)(CC)C1N1CCN(CCO)CC1. The van der Waals surface area contributed by atoms with Crippen LogP contribution in [0.25, 0.3) is 0 Å². The molecule has 2 atom stereocenters. The molecule has 11 heteroatoms. The highest BCUT2D eigenvalue weighted by Gasteiger charge is 2.64. The summed E-state index contributed by atoms with van der Waals surface area (Å²) in [5, 5.41) is 10.7. The minimum atomic E-state index is -0.694. The van der Waals surface area contributed by atoms with Crippen LogP contribution in [0.1, 0.15) is 64.5 Å².